The van der Waals surface area contributed by atoms with Crippen molar-refractivity contribution in [2.24, 2.45) is 0 Å². The van der Waals surface area contributed by atoms with Crippen LogP contribution in [0.25, 0.3) is 22.1 Å². The minimum Gasteiger partial charge on any atom is -1.00 e. The molecule has 6 nitrogen and oxygen atoms in total. The molecule has 0 amide bonds. The molecule has 0 spiro atoms. The molecule has 2 N–H and O–H groups in total. The van der Waals surface area contributed by atoms with E-state index in [4.69, 9.17) is 10.2 Å². The molecule has 6 aromatic rings. The van der Waals surface area contributed by atoms with Gasteiger partial charge < -0.3 is 44.2 Å². The third-order valence-corrected chi connectivity index (χ3v) is 6.53. The molecule has 6 rings (SSSR count). The van der Waals surface area contributed by atoms with E-state index in [1.165, 1.54) is 33.2 Å². The molecule has 0 saturated carbocycles. The van der Waals surface area contributed by atoms with Gasteiger partial charge in [-0.15, -0.1) is 0 Å². The molecule has 0 atom stereocenters. The van der Waals surface area contributed by atoms with Crippen LogP contribution < -0.4 is 43.1 Å². The van der Waals surface area contributed by atoms with E-state index < -0.39 is 0 Å². The Hall–Kier alpha value is -3.30. The molecule has 0 unspecified atom stereocenters. The molecular formula is C32H36Br2N4O2. The lowest BCUT2D eigenvalue weighted by molar-refractivity contribution is -0.663. The number of rotatable bonds is 7. The second-order valence-corrected chi connectivity index (χ2v) is 8.82. The maximum atomic E-state index is 7.00. The highest BCUT2D eigenvalue weighted by Gasteiger charge is 2.19. The predicted octanol–water partition coefficient (Wildman–Crippen LogP) is -1.81. The fourth-order valence-electron chi connectivity index (χ4n) is 4.87. The Balaban J connectivity index is 0.000000896. The Morgan fingerprint density at radius 3 is 1.18 bits per heavy atom. The molecule has 8 heteroatoms. The largest absolute Gasteiger partial charge is 1.00 e. The minimum absolute atomic E-state index is 0. The number of nitrogens with zero attached hydrogens (tertiary/aromatic N) is 4. The lowest BCUT2D eigenvalue weighted by Gasteiger charge is -1.98. The number of aliphatic hydroxyl groups is 2. The van der Waals surface area contributed by atoms with Gasteiger partial charge in [-0.05, 0) is 35.4 Å². The normalized spacial score (nSPS) is 10.0. The van der Waals surface area contributed by atoms with Crippen LogP contribution in [0.5, 0.6) is 0 Å². The molecule has 0 bridgehead atoms. The van der Waals surface area contributed by atoms with Crippen LogP contribution in [0, 0.1) is 0 Å². The molecule has 0 fully saturated rings. The van der Waals surface area contributed by atoms with Crippen molar-refractivity contribution < 1.29 is 53.3 Å². The first-order chi connectivity index (χ1) is 18.8. The van der Waals surface area contributed by atoms with Gasteiger partial charge in [0.15, 0.2) is 22.1 Å². The Morgan fingerprint density at radius 2 is 0.800 bits per heavy atom. The van der Waals surface area contributed by atoms with Gasteiger partial charge in [0, 0.05) is 14.2 Å². The Morgan fingerprint density at radius 1 is 0.475 bits per heavy atom. The average molecular weight is 668 g/mol. The van der Waals surface area contributed by atoms with Crippen LogP contribution in [0.4, 0.5) is 0 Å². The number of aryl methyl sites for hydroxylation is 2. The summed E-state index contributed by atoms with van der Waals surface area (Å²) in [5.41, 5.74) is 7.70. The minimum atomic E-state index is 0. The van der Waals surface area contributed by atoms with E-state index in [9.17, 15) is 0 Å². The molecule has 0 saturated heterocycles. The first-order valence-corrected chi connectivity index (χ1v) is 12.8. The molecule has 2 heterocycles. The van der Waals surface area contributed by atoms with Gasteiger partial charge in [0.05, 0.1) is 0 Å². The third-order valence-electron chi connectivity index (χ3n) is 6.53. The van der Waals surface area contributed by atoms with Gasteiger partial charge in [0.25, 0.3) is 0 Å². The standard InChI is InChI=1S/C30H28N4.2CH4O.2BrH/c1-3-11-25(12-4-1)21-33-23-31(27-15-7-9-17-29(27)33)19-20-32-24-34(22-26-13-5-2-6-14-26)30-18-10-8-16-28(30)32;2*1-2;;/h1-18,23-24H,19-22H2;2*2H,1H3;2*1H/q+2;;;;/p-2. The summed E-state index contributed by atoms with van der Waals surface area (Å²) < 4.78 is 9.48. The number of aliphatic hydroxyl groups excluding tert-OH is 2. The zero-order valence-corrected chi connectivity index (χ0v) is 26.0. The van der Waals surface area contributed by atoms with E-state index in [-0.39, 0.29) is 34.0 Å². The molecule has 0 radical (unpaired) electrons. The summed E-state index contributed by atoms with van der Waals surface area (Å²) in [6.07, 6.45) is 4.53. The number of benzene rings is 4. The first kappa shape index (κ1) is 32.9. The van der Waals surface area contributed by atoms with Crippen molar-refractivity contribution in [2.75, 3.05) is 14.2 Å². The van der Waals surface area contributed by atoms with Crippen LogP contribution in [-0.2, 0) is 26.2 Å². The van der Waals surface area contributed by atoms with E-state index >= 15 is 0 Å². The summed E-state index contributed by atoms with van der Waals surface area (Å²) >= 11 is 0. The number of halogens is 2. The second kappa shape index (κ2) is 16.7. The number of imidazole rings is 2. The molecule has 0 aliphatic rings. The van der Waals surface area contributed by atoms with E-state index in [1.54, 1.807) is 0 Å². The van der Waals surface area contributed by atoms with Crippen molar-refractivity contribution in [3.05, 3.63) is 133 Å². The Bertz CT molecular complexity index is 1450. The number of hydrogen-bond acceptors (Lipinski definition) is 2. The molecule has 4 aromatic carbocycles. The highest BCUT2D eigenvalue weighted by Crippen LogP contribution is 2.15. The molecule has 40 heavy (non-hydrogen) atoms. The van der Waals surface area contributed by atoms with Gasteiger partial charge >= 0.3 is 0 Å². The SMILES string of the molecule is CO.CO.[Br-].[Br-].c1ccc(C[n+]2cn(CCn3c[n+](Cc4ccccc4)c4ccccc43)c3ccccc32)cc1. The summed E-state index contributed by atoms with van der Waals surface area (Å²) in [4.78, 5) is 0. The van der Waals surface area contributed by atoms with Gasteiger partial charge in [-0.2, -0.15) is 0 Å². The molecule has 210 valence electrons. The van der Waals surface area contributed by atoms with E-state index in [2.05, 4.69) is 140 Å². The van der Waals surface area contributed by atoms with E-state index in [1.807, 2.05) is 0 Å². The van der Waals surface area contributed by atoms with E-state index in [0.29, 0.717) is 0 Å². The molecule has 0 aliphatic heterocycles. The van der Waals surface area contributed by atoms with Crippen molar-refractivity contribution in [3.8, 4) is 0 Å². The highest BCUT2D eigenvalue weighted by atomic mass is 79.9. The van der Waals surface area contributed by atoms with Crippen LogP contribution in [0.15, 0.2) is 122 Å². The average Bonchev–Trinajstić information content (AvgIpc) is 3.53. The van der Waals surface area contributed by atoms with E-state index in [0.717, 1.165) is 40.4 Å². The van der Waals surface area contributed by atoms with Crippen molar-refractivity contribution in [2.45, 2.75) is 26.2 Å². The topological polar surface area (TPSA) is 58.1 Å². The number of aromatic nitrogens is 4. The van der Waals surface area contributed by atoms with Crippen molar-refractivity contribution in [3.63, 3.8) is 0 Å². The van der Waals surface area contributed by atoms with Crippen LogP contribution >= 0.6 is 0 Å². The lowest BCUT2D eigenvalue weighted by Crippen LogP contribution is -3.00. The Kier molecular flexibility index (Phi) is 13.8. The van der Waals surface area contributed by atoms with Crippen molar-refractivity contribution >= 4 is 22.1 Å². The maximum absolute atomic E-state index is 7.00. The summed E-state index contributed by atoms with van der Waals surface area (Å²) in [6.45, 7) is 3.56. The monoisotopic (exact) mass is 666 g/mol. The Labute approximate surface area is 256 Å². The maximum Gasteiger partial charge on any atom is 0.245 e. The number of para-hydroxylation sites is 4. The van der Waals surface area contributed by atoms with Gasteiger partial charge in [-0.3, -0.25) is 0 Å². The van der Waals surface area contributed by atoms with Crippen LogP contribution in [0.1, 0.15) is 11.1 Å². The molecular weight excluding hydrogens is 632 g/mol. The first-order valence-electron chi connectivity index (χ1n) is 12.8. The van der Waals surface area contributed by atoms with Gasteiger partial charge in [-0.25, -0.2) is 18.3 Å². The molecule has 0 aliphatic carbocycles. The smallest absolute Gasteiger partial charge is 0.245 e. The van der Waals surface area contributed by atoms with Crippen LogP contribution in [0.2, 0.25) is 0 Å². The highest BCUT2D eigenvalue weighted by molar-refractivity contribution is 5.72. The number of hydrogen-bond donors (Lipinski definition) is 2. The fraction of sp³-hybridized carbons (Fsp3) is 0.188. The van der Waals surface area contributed by atoms with Gasteiger partial charge in [0.2, 0.25) is 12.7 Å². The van der Waals surface area contributed by atoms with Crippen LogP contribution in [-0.4, -0.2) is 33.6 Å². The summed E-state index contributed by atoms with van der Waals surface area (Å²) in [5.74, 6) is 0. The fourth-order valence-corrected chi connectivity index (χ4v) is 4.87. The lowest BCUT2D eigenvalue weighted by atomic mass is 10.2. The second-order valence-electron chi connectivity index (χ2n) is 8.82. The molecule has 2 aromatic heterocycles. The quantitative estimate of drug-likeness (QED) is 0.198. The summed E-state index contributed by atoms with van der Waals surface area (Å²) in [5, 5.41) is 14.0. The number of fused-ring (bicyclic) bond motifs is 2. The zero-order valence-electron chi connectivity index (χ0n) is 22.8. The third kappa shape index (κ3) is 7.67. The summed E-state index contributed by atoms with van der Waals surface area (Å²) in [6, 6.07) is 38.7. The van der Waals surface area contributed by atoms with Gasteiger partial charge in [-0.1, -0.05) is 84.9 Å². The predicted molar refractivity (Wildman–Crippen MR) is 152 cm³/mol. The van der Waals surface area contributed by atoms with Crippen molar-refractivity contribution in [1.82, 2.24) is 9.13 Å². The van der Waals surface area contributed by atoms with Gasteiger partial charge in [0.1, 0.15) is 26.2 Å². The van der Waals surface area contributed by atoms with Crippen molar-refractivity contribution in [1.29, 1.82) is 0 Å². The summed E-state index contributed by atoms with van der Waals surface area (Å²) in [7, 11) is 2.00. The van der Waals surface area contributed by atoms with Crippen LogP contribution in [0.3, 0.4) is 0 Å². The zero-order chi connectivity index (χ0) is 26.7.